The number of hydrogen-bond donors (Lipinski definition) is 0. The summed E-state index contributed by atoms with van der Waals surface area (Å²) < 4.78 is 178. The number of rotatable bonds is 3. The minimum atomic E-state index is -1.24. The summed E-state index contributed by atoms with van der Waals surface area (Å²) in [5.74, 6) is 0. The summed E-state index contributed by atoms with van der Waals surface area (Å²) in [6.45, 7) is 24.5. The topological polar surface area (TPSA) is 9.72 Å². The highest BCUT2D eigenvalue weighted by atomic mass is 32.1. The highest BCUT2D eigenvalue weighted by Crippen LogP contribution is 2.62. The van der Waals surface area contributed by atoms with Crippen molar-refractivity contribution in [2.75, 3.05) is 14.7 Å². The average molecular weight is 918 g/mol. The summed E-state index contributed by atoms with van der Waals surface area (Å²) in [6, 6.07) is -2.76. The summed E-state index contributed by atoms with van der Waals surface area (Å²) >= 11 is 1.09. The lowest BCUT2D eigenvalue weighted by Gasteiger charge is -2.51. The molecule has 7 aromatic rings. The monoisotopic (exact) mass is 918 g/mol. The van der Waals surface area contributed by atoms with Crippen molar-refractivity contribution in [3.05, 3.63) is 149 Å². The van der Waals surface area contributed by atoms with Gasteiger partial charge in [0.25, 0.3) is 6.71 Å². The fourth-order valence-electron chi connectivity index (χ4n) is 10.8. The molecule has 0 bridgehead atoms. The normalized spacial score (nSPS) is 23.9. The Morgan fingerprint density at radius 3 is 1.67 bits per heavy atom. The number of thiophene rings is 1. The van der Waals surface area contributed by atoms with Gasteiger partial charge in [-0.05, 0) is 135 Å². The summed E-state index contributed by atoms with van der Waals surface area (Å²) in [6.07, 6.45) is 2.46. The number of nitrogens with zero attached hydrogens (tertiary/aromatic N) is 3. The molecule has 1 fully saturated rings. The summed E-state index contributed by atoms with van der Waals surface area (Å²) in [5.41, 5.74) is -4.05. The third-order valence-electron chi connectivity index (χ3n) is 14.8. The zero-order valence-corrected chi connectivity index (χ0v) is 42.1. The van der Waals surface area contributed by atoms with Crippen molar-refractivity contribution in [2.24, 2.45) is 0 Å². The number of benzene rings is 6. The maximum absolute atomic E-state index is 10.5. The Bertz CT molecular complexity index is 4130. The molecule has 1 aliphatic carbocycles. The van der Waals surface area contributed by atoms with E-state index in [2.05, 4.69) is 0 Å². The van der Waals surface area contributed by atoms with Crippen LogP contribution < -0.4 is 30.4 Å². The second kappa shape index (κ2) is 14.6. The Hall–Kier alpha value is -5.26. The zero-order valence-electron chi connectivity index (χ0n) is 59.3. The first-order valence-electron chi connectivity index (χ1n) is 32.6. The molecule has 2 atom stereocenters. The molecule has 3 nitrogen and oxygen atoms in total. The third-order valence-corrected chi connectivity index (χ3v) is 16.0. The van der Waals surface area contributed by atoms with Crippen LogP contribution in [0.3, 0.4) is 0 Å². The van der Waals surface area contributed by atoms with Gasteiger partial charge in [0.1, 0.15) is 0 Å². The van der Waals surface area contributed by atoms with Crippen molar-refractivity contribution in [1.29, 1.82) is 0 Å². The molecule has 342 valence electrons. The molecule has 4 heterocycles. The van der Waals surface area contributed by atoms with Gasteiger partial charge in [0.05, 0.1) is 35.9 Å². The molecule has 0 spiro atoms. The van der Waals surface area contributed by atoms with Crippen LogP contribution in [0.25, 0.3) is 10.1 Å². The molecular formula is C62H70BN3S. The van der Waals surface area contributed by atoms with E-state index < -0.39 is 75.6 Å². The van der Waals surface area contributed by atoms with Crippen LogP contribution in [0.1, 0.15) is 175 Å². The Balaban J connectivity index is 1.46. The minimum Gasteiger partial charge on any atom is -0.334 e. The molecule has 67 heavy (non-hydrogen) atoms. The molecule has 5 heteroatoms. The largest absolute Gasteiger partial charge is 0.334 e. The predicted molar refractivity (Wildman–Crippen MR) is 293 cm³/mol. The van der Waals surface area contributed by atoms with E-state index in [4.69, 9.17) is 1.37 Å². The van der Waals surface area contributed by atoms with Crippen molar-refractivity contribution in [2.45, 2.75) is 155 Å². The highest BCUT2D eigenvalue weighted by Gasteiger charge is 2.58. The van der Waals surface area contributed by atoms with Gasteiger partial charge >= 0.3 is 0 Å². The van der Waals surface area contributed by atoms with Crippen molar-refractivity contribution in [3.63, 3.8) is 0 Å². The summed E-state index contributed by atoms with van der Waals surface area (Å²) in [7, 11) is 0. The van der Waals surface area contributed by atoms with Gasteiger partial charge in [-0.15, -0.1) is 11.3 Å². The fraction of sp³-hybridized carbons (Fsp3) is 0.387. The van der Waals surface area contributed by atoms with E-state index in [0.29, 0.717) is 29.6 Å². The van der Waals surface area contributed by atoms with Gasteiger partial charge in [0.15, 0.2) is 0 Å². The molecule has 11 rings (SSSR count). The van der Waals surface area contributed by atoms with Crippen LogP contribution in [-0.2, 0) is 27.1 Å². The second-order valence-electron chi connectivity index (χ2n) is 23.6. The van der Waals surface area contributed by atoms with Crippen LogP contribution in [0.2, 0.25) is 0 Å². The molecule has 1 aromatic heterocycles. The molecule has 4 aliphatic rings. The van der Waals surface area contributed by atoms with Crippen LogP contribution in [-0.4, -0.2) is 12.3 Å². The Morgan fingerprint density at radius 1 is 0.537 bits per heavy atom. The van der Waals surface area contributed by atoms with E-state index in [1.165, 1.54) is 9.80 Å². The predicted octanol–water partition coefficient (Wildman–Crippen LogP) is 15.9. The maximum Gasteiger partial charge on any atom is 0.264 e. The SMILES string of the molecule is [2H]c1c([2H])c([2H])c2c(c1[2H])N(c1cc3c4c(c1)N(c1c([2H])c([2H])c(C(C)(C)C)c([2H])c1[2H])c1c(sc5c([2H])c(C(C)(C)C)c([2H])c([2H])c15)B4c1c([2H])c([2H])c(C(C)(C)C)c([2H])c1N3c1c([2H])c([2H])c(C(C)(C)C)c([2H])c1[2H])C1(C)CCCCC21C. The Labute approximate surface area is 431 Å². The number of hydrogen-bond acceptors (Lipinski definition) is 4. The van der Waals surface area contributed by atoms with Crippen LogP contribution in [0.5, 0.6) is 0 Å². The van der Waals surface area contributed by atoms with Gasteiger partial charge in [0, 0.05) is 60.1 Å². The number of para-hydroxylation sites is 1. The first kappa shape index (κ1) is 28.3. The van der Waals surface area contributed by atoms with Gasteiger partial charge in [0.2, 0.25) is 0 Å². The quantitative estimate of drug-likeness (QED) is 0.164. The van der Waals surface area contributed by atoms with Crippen LogP contribution in [0, 0.1) is 0 Å². The lowest BCUT2D eigenvalue weighted by Crippen LogP contribution is -2.60. The van der Waals surface area contributed by atoms with Crippen molar-refractivity contribution < 1.29 is 24.7 Å². The molecular weight excluding hydrogens is 830 g/mol. The summed E-state index contributed by atoms with van der Waals surface area (Å²) in [5, 5.41) is 0.0705. The third kappa shape index (κ3) is 6.64. The van der Waals surface area contributed by atoms with Crippen molar-refractivity contribution >= 4 is 89.3 Å². The first-order chi connectivity index (χ1) is 39.0. The number of anilines is 8. The van der Waals surface area contributed by atoms with Gasteiger partial charge in [-0.1, -0.05) is 169 Å². The van der Waals surface area contributed by atoms with Crippen LogP contribution in [0.4, 0.5) is 45.5 Å². The molecule has 3 aliphatic heterocycles. The van der Waals surface area contributed by atoms with Crippen molar-refractivity contribution in [3.8, 4) is 0 Å². The van der Waals surface area contributed by atoms with Crippen molar-refractivity contribution in [1.82, 2.24) is 0 Å². The van der Waals surface area contributed by atoms with Gasteiger partial charge in [-0.25, -0.2) is 0 Å². The smallest absolute Gasteiger partial charge is 0.264 e. The van der Waals surface area contributed by atoms with E-state index in [1.54, 1.807) is 53.7 Å². The van der Waals surface area contributed by atoms with E-state index in [-0.39, 0.29) is 161 Å². The van der Waals surface area contributed by atoms with Gasteiger partial charge < -0.3 is 14.7 Å². The van der Waals surface area contributed by atoms with E-state index in [1.807, 2.05) is 60.3 Å². The Morgan fingerprint density at radius 2 is 1.06 bits per heavy atom. The second-order valence-corrected chi connectivity index (χ2v) is 24.7. The standard InChI is InChI=1S/C62H70BN3S/c1-57(2,3)39-21-27-43(28-22-39)64-50-35-41(59(7,8)9)26-32-48(50)63-54-51(64)37-45(66-49-20-16-15-19-47(49)61(13)33-17-18-34-62(61,66)14)38-52(54)65(44-29-23-40(24-30-44)58(4,5)6)55-46-31-25-42(60(10,11)12)36-53(46)67-56(55)63/h15-16,19-32,35-38H,17-18,33-34H2,1-14H3/i15D,16D,19D,20D,21D,22D,23D,24D,25D,26D,27D,28D,29D,30D,31D,32D,35D,36D. The molecule has 0 N–H and O–H groups in total. The zero-order chi connectivity index (χ0) is 63.0. The minimum absolute atomic E-state index is 0.0438. The highest BCUT2D eigenvalue weighted by molar-refractivity contribution is 7.33. The maximum atomic E-state index is 10.5. The summed E-state index contributed by atoms with van der Waals surface area (Å²) in [4.78, 5) is 4.91. The Kier molecular flexibility index (Phi) is 6.18. The van der Waals surface area contributed by atoms with Crippen LogP contribution in [0.15, 0.2) is 121 Å². The van der Waals surface area contributed by atoms with E-state index in [9.17, 15) is 23.3 Å². The molecule has 0 radical (unpaired) electrons. The fourth-order valence-corrected chi connectivity index (χ4v) is 12.0. The average Bonchev–Trinajstić information content (AvgIpc) is 1.71. The molecule has 1 saturated carbocycles. The van der Waals surface area contributed by atoms with Gasteiger partial charge in [-0.3, -0.25) is 0 Å². The molecule has 0 amide bonds. The number of fused-ring (bicyclic) bond motifs is 9. The van der Waals surface area contributed by atoms with Gasteiger partial charge in [-0.2, -0.15) is 0 Å². The molecule has 0 saturated heterocycles. The lowest BCUT2D eigenvalue weighted by atomic mass is 9.36. The first-order valence-corrected chi connectivity index (χ1v) is 24.5. The van der Waals surface area contributed by atoms with E-state index >= 15 is 0 Å². The molecule has 2 unspecified atom stereocenters. The lowest BCUT2D eigenvalue weighted by molar-refractivity contribution is 0.195. The van der Waals surface area contributed by atoms with Crippen LogP contribution >= 0.6 is 11.3 Å². The van der Waals surface area contributed by atoms with E-state index in [0.717, 1.165) is 17.8 Å². The molecule has 6 aromatic carbocycles.